The van der Waals surface area contributed by atoms with E-state index < -0.39 is 0 Å². The molecule has 0 spiro atoms. The molecule has 0 saturated heterocycles. The molecule has 114 valence electrons. The van der Waals surface area contributed by atoms with Crippen LogP contribution in [-0.4, -0.2) is 35.1 Å². The minimum atomic E-state index is -0.0273. The Kier molecular flexibility index (Phi) is 5.54. The summed E-state index contributed by atoms with van der Waals surface area (Å²) in [5.74, 6) is 0.899. The molecule has 1 aromatic rings. The van der Waals surface area contributed by atoms with E-state index in [4.69, 9.17) is 9.47 Å². The SMILES string of the molecule is C/C=C/C(=O)NC1CCC(Oc2cncc(OC)n2)CC1. The van der Waals surface area contributed by atoms with Crippen molar-refractivity contribution in [3.05, 3.63) is 24.5 Å². The van der Waals surface area contributed by atoms with Crippen LogP contribution in [0.15, 0.2) is 24.5 Å². The Labute approximate surface area is 124 Å². The third kappa shape index (κ3) is 4.73. The van der Waals surface area contributed by atoms with Crippen molar-refractivity contribution in [1.29, 1.82) is 0 Å². The number of carbonyl (C=O) groups excluding carboxylic acids is 1. The summed E-state index contributed by atoms with van der Waals surface area (Å²) in [6.45, 7) is 1.83. The van der Waals surface area contributed by atoms with Crippen LogP contribution in [0, 0.1) is 0 Å². The van der Waals surface area contributed by atoms with Gasteiger partial charge in [-0.1, -0.05) is 6.08 Å². The Balaban J connectivity index is 1.79. The maximum atomic E-state index is 11.5. The first-order chi connectivity index (χ1) is 10.2. The number of nitrogens with one attached hydrogen (secondary N) is 1. The second-order valence-electron chi connectivity index (χ2n) is 5.00. The highest BCUT2D eigenvalue weighted by Crippen LogP contribution is 2.23. The summed E-state index contributed by atoms with van der Waals surface area (Å²) in [5.41, 5.74) is 0. The van der Waals surface area contributed by atoms with Crippen LogP contribution >= 0.6 is 0 Å². The van der Waals surface area contributed by atoms with E-state index in [0.717, 1.165) is 25.7 Å². The van der Waals surface area contributed by atoms with E-state index in [1.807, 2.05) is 6.92 Å². The van der Waals surface area contributed by atoms with E-state index in [2.05, 4.69) is 15.3 Å². The highest BCUT2D eigenvalue weighted by Gasteiger charge is 2.23. The average Bonchev–Trinajstić information content (AvgIpc) is 2.50. The normalized spacial score (nSPS) is 22.0. The predicted molar refractivity (Wildman–Crippen MR) is 78.2 cm³/mol. The molecule has 0 unspecified atom stereocenters. The summed E-state index contributed by atoms with van der Waals surface area (Å²) >= 11 is 0. The van der Waals surface area contributed by atoms with Crippen molar-refractivity contribution in [3.63, 3.8) is 0 Å². The topological polar surface area (TPSA) is 73.3 Å². The van der Waals surface area contributed by atoms with Gasteiger partial charge in [-0.25, -0.2) is 0 Å². The lowest BCUT2D eigenvalue weighted by Gasteiger charge is -2.28. The van der Waals surface area contributed by atoms with Gasteiger partial charge >= 0.3 is 0 Å². The zero-order chi connectivity index (χ0) is 15.1. The van der Waals surface area contributed by atoms with Crippen molar-refractivity contribution in [2.75, 3.05) is 7.11 Å². The fraction of sp³-hybridized carbons (Fsp3) is 0.533. The first-order valence-electron chi connectivity index (χ1n) is 7.17. The van der Waals surface area contributed by atoms with Crippen molar-refractivity contribution in [2.24, 2.45) is 0 Å². The molecule has 0 radical (unpaired) electrons. The first kappa shape index (κ1) is 15.3. The Hall–Kier alpha value is -2.11. The molecule has 1 N–H and O–H groups in total. The van der Waals surface area contributed by atoms with Gasteiger partial charge in [0.05, 0.1) is 19.5 Å². The van der Waals surface area contributed by atoms with Crippen molar-refractivity contribution in [3.8, 4) is 11.8 Å². The Morgan fingerprint density at radius 2 is 2.00 bits per heavy atom. The molecule has 0 aromatic carbocycles. The molecule has 21 heavy (non-hydrogen) atoms. The lowest BCUT2D eigenvalue weighted by atomic mass is 9.93. The van der Waals surface area contributed by atoms with Crippen LogP contribution < -0.4 is 14.8 Å². The van der Waals surface area contributed by atoms with Crippen molar-refractivity contribution in [2.45, 2.75) is 44.8 Å². The summed E-state index contributed by atoms with van der Waals surface area (Å²) in [4.78, 5) is 19.7. The number of methoxy groups -OCH3 is 1. The third-order valence-electron chi connectivity index (χ3n) is 3.43. The van der Waals surface area contributed by atoms with Crippen LogP contribution in [0.1, 0.15) is 32.6 Å². The number of aromatic nitrogens is 2. The molecule has 6 nitrogen and oxygen atoms in total. The van der Waals surface area contributed by atoms with Crippen LogP contribution in [0.3, 0.4) is 0 Å². The Bertz CT molecular complexity index is 497. The second kappa shape index (κ2) is 7.61. The molecule has 1 aliphatic carbocycles. The zero-order valence-electron chi connectivity index (χ0n) is 12.4. The molecular formula is C15H21N3O3. The number of carbonyl (C=O) groups is 1. The van der Waals surface area contributed by atoms with Gasteiger partial charge in [0.15, 0.2) is 0 Å². The van der Waals surface area contributed by atoms with Crippen LogP contribution in [0.4, 0.5) is 0 Å². The molecule has 0 aliphatic heterocycles. The number of hydrogen-bond acceptors (Lipinski definition) is 5. The van der Waals surface area contributed by atoms with Gasteiger partial charge in [-0.3, -0.25) is 9.78 Å². The number of rotatable bonds is 5. The van der Waals surface area contributed by atoms with Gasteiger partial charge in [0, 0.05) is 6.04 Å². The third-order valence-corrected chi connectivity index (χ3v) is 3.43. The van der Waals surface area contributed by atoms with Crippen LogP contribution in [-0.2, 0) is 4.79 Å². The number of nitrogens with zero attached hydrogens (tertiary/aromatic N) is 2. The maximum absolute atomic E-state index is 11.5. The molecule has 0 bridgehead atoms. The highest BCUT2D eigenvalue weighted by atomic mass is 16.5. The maximum Gasteiger partial charge on any atom is 0.243 e. The molecular weight excluding hydrogens is 270 g/mol. The Morgan fingerprint density at radius 3 is 2.67 bits per heavy atom. The summed E-state index contributed by atoms with van der Waals surface area (Å²) in [5, 5.41) is 2.99. The minimum absolute atomic E-state index is 0.0273. The second-order valence-corrected chi connectivity index (χ2v) is 5.00. The fourth-order valence-corrected chi connectivity index (χ4v) is 2.38. The fourth-order valence-electron chi connectivity index (χ4n) is 2.38. The molecule has 1 amide bonds. The van der Waals surface area contributed by atoms with Gasteiger partial charge in [-0.15, -0.1) is 0 Å². The monoisotopic (exact) mass is 291 g/mol. The molecule has 0 atom stereocenters. The van der Waals surface area contributed by atoms with Gasteiger partial charge in [0.25, 0.3) is 0 Å². The smallest absolute Gasteiger partial charge is 0.243 e. The zero-order valence-corrected chi connectivity index (χ0v) is 12.4. The molecule has 1 fully saturated rings. The first-order valence-corrected chi connectivity index (χ1v) is 7.17. The lowest BCUT2D eigenvalue weighted by molar-refractivity contribution is -0.117. The van der Waals surface area contributed by atoms with E-state index >= 15 is 0 Å². The molecule has 1 saturated carbocycles. The average molecular weight is 291 g/mol. The summed E-state index contributed by atoms with van der Waals surface area (Å²) in [7, 11) is 1.55. The van der Waals surface area contributed by atoms with E-state index in [0.29, 0.717) is 11.8 Å². The molecule has 1 aliphatic rings. The summed E-state index contributed by atoms with van der Waals surface area (Å²) < 4.78 is 10.8. The molecule has 6 heteroatoms. The largest absolute Gasteiger partial charge is 0.480 e. The predicted octanol–water partition coefficient (Wildman–Crippen LogP) is 1.87. The Morgan fingerprint density at radius 1 is 1.29 bits per heavy atom. The number of ether oxygens (including phenoxy) is 2. The number of amides is 1. The minimum Gasteiger partial charge on any atom is -0.480 e. The van der Waals surface area contributed by atoms with Gasteiger partial charge in [-0.05, 0) is 38.7 Å². The molecule has 1 aromatic heterocycles. The van der Waals surface area contributed by atoms with Crippen molar-refractivity contribution >= 4 is 5.91 Å². The van der Waals surface area contributed by atoms with Crippen LogP contribution in [0.5, 0.6) is 11.8 Å². The quantitative estimate of drug-likeness (QED) is 0.838. The highest BCUT2D eigenvalue weighted by molar-refractivity contribution is 5.87. The number of allylic oxidation sites excluding steroid dienone is 1. The summed E-state index contributed by atoms with van der Waals surface area (Å²) in [6, 6.07) is 0.227. The van der Waals surface area contributed by atoms with E-state index in [1.165, 1.54) is 0 Å². The standard InChI is InChI=1S/C15H21N3O3/c1-3-4-13(19)17-11-5-7-12(8-6-11)21-15-10-16-9-14(18-15)20-2/h3-4,9-12H,5-8H2,1-2H3,(H,17,19)/b4-3+. The lowest BCUT2D eigenvalue weighted by Crippen LogP contribution is -2.39. The van der Waals surface area contributed by atoms with Crippen LogP contribution in [0.25, 0.3) is 0 Å². The van der Waals surface area contributed by atoms with E-state index in [1.54, 1.807) is 31.7 Å². The van der Waals surface area contributed by atoms with E-state index in [9.17, 15) is 4.79 Å². The van der Waals surface area contributed by atoms with Crippen LogP contribution in [0.2, 0.25) is 0 Å². The number of hydrogen-bond donors (Lipinski definition) is 1. The van der Waals surface area contributed by atoms with Gasteiger partial charge in [0.1, 0.15) is 6.10 Å². The van der Waals surface area contributed by atoms with Gasteiger partial charge in [-0.2, -0.15) is 4.98 Å². The van der Waals surface area contributed by atoms with Gasteiger partial charge in [0.2, 0.25) is 17.7 Å². The molecule has 2 rings (SSSR count). The van der Waals surface area contributed by atoms with Crippen molar-refractivity contribution in [1.82, 2.24) is 15.3 Å². The molecule has 1 heterocycles. The summed E-state index contributed by atoms with van der Waals surface area (Å²) in [6.07, 6.45) is 10.1. The van der Waals surface area contributed by atoms with Gasteiger partial charge < -0.3 is 14.8 Å². The van der Waals surface area contributed by atoms with Crippen molar-refractivity contribution < 1.29 is 14.3 Å². The van der Waals surface area contributed by atoms with E-state index in [-0.39, 0.29) is 18.1 Å².